The molecule has 1 aliphatic carbocycles. The minimum absolute atomic E-state index is 0.816. The normalized spacial score (nSPS) is 36.2. The van der Waals surface area contributed by atoms with Crippen molar-refractivity contribution in [3.8, 4) is 0 Å². The van der Waals surface area contributed by atoms with E-state index in [2.05, 4.69) is 23.6 Å². The van der Waals surface area contributed by atoms with Gasteiger partial charge in [-0.3, -0.25) is 9.80 Å². The monoisotopic (exact) mass is 236 g/mol. The second kappa shape index (κ2) is 4.89. The van der Waals surface area contributed by atoms with Crippen molar-refractivity contribution in [1.82, 2.24) is 9.80 Å². The van der Waals surface area contributed by atoms with Gasteiger partial charge in [0, 0.05) is 31.7 Å². The highest BCUT2D eigenvalue weighted by molar-refractivity contribution is 4.94. The maximum atomic E-state index is 2.85. The zero-order chi connectivity index (χ0) is 11.8. The molecule has 3 rings (SSSR count). The highest BCUT2D eigenvalue weighted by Gasteiger charge is 2.38. The summed E-state index contributed by atoms with van der Waals surface area (Å²) in [7, 11) is 0. The molecule has 0 aromatic heterocycles. The summed E-state index contributed by atoms with van der Waals surface area (Å²) in [6, 6.07) is 1.72. The van der Waals surface area contributed by atoms with Gasteiger partial charge in [-0.2, -0.15) is 0 Å². The van der Waals surface area contributed by atoms with E-state index in [1.54, 1.807) is 0 Å². The molecule has 3 aliphatic rings. The lowest BCUT2D eigenvalue weighted by atomic mass is 9.84. The third kappa shape index (κ3) is 2.39. The Morgan fingerprint density at radius 3 is 2.53 bits per heavy atom. The molecule has 98 valence electrons. The molecule has 2 saturated heterocycles. The summed E-state index contributed by atoms with van der Waals surface area (Å²) in [6.07, 6.45) is 7.37. The Balaban J connectivity index is 1.64. The number of hydrogen-bond acceptors (Lipinski definition) is 2. The Morgan fingerprint density at radius 1 is 1.06 bits per heavy atom. The molecule has 3 fully saturated rings. The van der Waals surface area contributed by atoms with E-state index < -0.39 is 0 Å². The topological polar surface area (TPSA) is 6.48 Å². The Labute approximate surface area is 106 Å². The van der Waals surface area contributed by atoms with Crippen molar-refractivity contribution in [3.63, 3.8) is 0 Å². The summed E-state index contributed by atoms with van der Waals surface area (Å²) in [6.45, 7) is 10.3. The molecule has 0 amide bonds. The Bertz CT molecular complexity index is 260. The molecule has 0 N–H and O–H groups in total. The van der Waals surface area contributed by atoms with Crippen LogP contribution in [0.25, 0.3) is 0 Å². The van der Waals surface area contributed by atoms with Gasteiger partial charge < -0.3 is 0 Å². The van der Waals surface area contributed by atoms with Gasteiger partial charge in [0.25, 0.3) is 0 Å². The molecule has 2 unspecified atom stereocenters. The van der Waals surface area contributed by atoms with Crippen LogP contribution in [0.3, 0.4) is 0 Å². The molecule has 0 aromatic carbocycles. The molecule has 2 nitrogen and oxygen atoms in total. The fraction of sp³-hybridized carbons (Fsp3) is 1.00. The summed E-state index contributed by atoms with van der Waals surface area (Å²) in [5.41, 5.74) is 0. The maximum absolute atomic E-state index is 2.85. The van der Waals surface area contributed by atoms with E-state index in [4.69, 9.17) is 0 Å². The largest absolute Gasteiger partial charge is 0.298 e. The molecular formula is C15H28N2. The third-order valence-electron chi connectivity index (χ3n) is 5.32. The van der Waals surface area contributed by atoms with Gasteiger partial charge in [-0.1, -0.05) is 20.3 Å². The van der Waals surface area contributed by atoms with Crippen molar-refractivity contribution in [2.75, 3.05) is 26.2 Å². The first kappa shape index (κ1) is 12.0. The number of hydrogen-bond donors (Lipinski definition) is 0. The van der Waals surface area contributed by atoms with Crippen molar-refractivity contribution in [2.45, 2.75) is 58.0 Å². The van der Waals surface area contributed by atoms with E-state index in [1.807, 2.05) is 0 Å². The Morgan fingerprint density at radius 2 is 1.88 bits per heavy atom. The molecule has 0 radical (unpaired) electrons. The highest BCUT2D eigenvalue weighted by Crippen LogP contribution is 2.32. The predicted molar refractivity (Wildman–Crippen MR) is 72.1 cm³/mol. The van der Waals surface area contributed by atoms with E-state index >= 15 is 0 Å². The van der Waals surface area contributed by atoms with Gasteiger partial charge in [0.2, 0.25) is 0 Å². The average Bonchev–Trinajstić information content (AvgIpc) is 2.68. The summed E-state index contributed by atoms with van der Waals surface area (Å²) < 4.78 is 0. The van der Waals surface area contributed by atoms with Crippen LogP contribution in [0.5, 0.6) is 0 Å². The molecule has 2 heterocycles. The van der Waals surface area contributed by atoms with Gasteiger partial charge in [-0.15, -0.1) is 0 Å². The summed E-state index contributed by atoms with van der Waals surface area (Å²) in [5, 5.41) is 0. The van der Waals surface area contributed by atoms with E-state index in [0.29, 0.717) is 0 Å². The molecule has 2 aliphatic heterocycles. The van der Waals surface area contributed by atoms with Crippen LogP contribution in [0.4, 0.5) is 0 Å². The molecule has 0 bridgehead atoms. The van der Waals surface area contributed by atoms with E-state index in [1.165, 1.54) is 58.3 Å². The maximum Gasteiger partial charge on any atom is 0.0247 e. The van der Waals surface area contributed by atoms with Crippen LogP contribution in [-0.2, 0) is 0 Å². The summed E-state index contributed by atoms with van der Waals surface area (Å²) >= 11 is 0. The van der Waals surface area contributed by atoms with Crippen LogP contribution in [0.15, 0.2) is 0 Å². The zero-order valence-electron chi connectivity index (χ0n) is 11.6. The first-order valence-electron chi connectivity index (χ1n) is 7.72. The lowest BCUT2D eigenvalue weighted by molar-refractivity contribution is 0.0107. The molecule has 1 saturated carbocycles. The summed E-state index contributed by atoms with van der Waals surface area (Å²) in [5.74, 6) is 1.85. The average molecular weight is 236 g/mol. The van der Waals surface area contributed by atoms with E-state index in [-0.39, 0.29) is 0 Å². The molecular weight excluding hydrogens is 208 g/mol. The molecule has 2 atom stereocenters. The van der Waals surface area contributed by atoms with Crippen LogP contribution in [-0.4, -0.2) is 48.1 Å². The quantitative estimate of drug-likeness (QED) is 0.743. The van der Waals surface area contributed by atoms with Crippen LogP contribution < -0.4 is 0 Å². The van der Waals surface area contributed by atoms with Gasteiger partial charge in [0.15, 0.2) is 0 Å². The predicted octanol–water partition coefficient (Wildman–Crippen LogP) is 2.59. The summed E-state index contributed by atoms with van der Waals surface area (Å²) in [4.78, 5) is 5.61. The Hall–Kier alpha value is -0.0800. The lowest BCUT2D eigenvalue weighted by Crippen LogP contribution is -2.58. The molecule has 2 heteroatoms. The smallest absolute Gasteiger partial charge is 0.0247 e. The first-order chi connectivity index (χ1) is 8.24. The molecule has 0 spiro atoms. The second-order valence-corrected chi connectivity index (χ2v) is 6.85. The number of fused-ring (bicyclic) bond motifs is 1. The van der Waals surface area contributed by atoms with Crippen molar-refractivity contribution in [1.29, 1.82) is 0 Å². The minimum Gasteiger partial charge on any atom is -0.298 e. The van der Waals surface area contributed by atoms with Crippen LogP contribution >= 0.6 is 0 Å². The number of rotatable bonds is 3. The standard InChI is InChI=1S/C15H28N2/c1-12(2)15-11-16-8-4-7-14(16)10-17(15)9-13-5-3-6-13/h12-15H,3-11H2,1-2H3. The van der Waals surface area contributed by atoms with Gasteiger partial charge in [0.1, 0.15) is 0 Å². The lowest BCUT2D eigenvalue weighted by Gasteiger charge is -2.47. The number of piperazine rings is 1. The van der Waals surface area contributed by atoms with Gasteiger partial charge in [-0.05, 0) is 44.1 Å². The Kier molecular flexibility index (Phi) is 3.45. The SMILES string of the molecule is CC(C)C1CN2CCCC2CN1CC1CCC1. The van der Waals surface area contributed by atoms with Crippen LogP contribution in [0, 0.1) is 11.8 Å². The second-order valence-electron chi connectivity index (χ2n) is 6.85. The van der Waals surface area contributed by atoms with E-state index in [0.717, 1.165) is 23.9 Å². The van der Waals surface area contributed by atoms with Crippen molar-refractivity contribution >= 4 is 0 Å². The number of nitrogens with zero attached hydrogens (tertiary/aromatic N) is 2. The molecule has 0 aromatic rings. The van der Waals surface area contributed by atoms with Crippen molar-refractivity contribution < 1.29 is 0 Å². The van der Waals surface area contributed by atoms with Crippen LogP contribution in [0.1, 0.15) is 46.0 Å². The fourth-order valence-corrected chi connectivity index (χ4v) is 3.95. The van der Waals surface area contributed by atoms with Crippen molar-refractivity contribution in [3.05, 3.63) is 0 Å². The van der Waals surface area contributed by atoms with Gasteiger partial charge >= 0.3 is 0 Å². The van der Waals surface area contributed by atoms with Gasteiger partial charge in [-0.25, -0.2) is 0 Å². The molecule has 17 heavy (non-hydrogen) atoms. The first-order valence-corrected chi connectivity index (χ1v) is 7.72. The van der Waals surface area contributed by atoms with Crippen LogP contribution in [0.2, 0.25) is 0 Å². The minimum atomic E-state index is 0.816. The zero-order valence-corrected chi connectivity index (χ0v) is 11.6. The highest BCUT2D eigenvalue weighted by atomic mass is 15.3. The van der Waals surface area contributed by atoms with Crippen molar-refractivity contribution in [2.24, 2.45) is 11.8 Å². The van der Waals surface area contributed by atoms with Gasteiger partial charge in [0.05, 0.1) is 0 Å². The van der Waals surface area contributed by atoms with E-state index in [9.17, 15) is 0 Å². The fourth-order valence-electron chi connectivity index (χ4n) is 3.95. The third-order valence-corrected chi connectivity index (χ3v) is 5.32.